The van der Waals surface area contributed by atoms with Gasteiger partial charge in [-0.15, -0.1) is 0 Å². The van der Waals surface area contributed by atoms with Crippen LogP contribution in [0, 0.1) is 5.92 Å². The summed E-state index contributed by atoms with van der Waals surface area (Å²) in [4.78, 5) is 15.7. The molecule has 0 aliphatic carbocycles. The van der Waals surface area contributed by atoms with Crippen LogP contribution in [0.25, 0.3) is 0 Å². The highest BCUT2D eigenvalue weighted by Gasteiger charge is 2.17. The molecule has 1 aliphatic rings. The second-order valence-electron chi connectivity index (χ2n) is 3.69. The molecule has 2 heterocycles. The van der Waals surface area contributed by atoms with Crippen LogP contribution in [0.2, 0.25) is 0 Å². The molecule has 0 aromatic carbocycles. The Morgan fingerprint density at radius 3 is 3.23 bits per heavy atom. The maximum atomic E-state index is 11.6. The van der Waals surface area contributed by atoms with Crippen molar-refractivity contribution >= 4 is 5.69 Å². The molecule has 1 aromatic rings. The highest BCUT2D eigenvalue weighted by Crippen LogP contribution is 2.15. The van der Waals surface area contributed by atoms with Crippen molar-refractivity contribution in [2.24, 2.45) is 5.92 Å². The molecule has 13 heavy (non-hydrogen) atoms. The first kappa shape index (κ1) is 8.29. The maximum absolute atomic E-state index is 11.6. The zero-order valence-corrected chi connectivity index (χ0v) is 7.66. The summed E-state index contributed by atoms with van der Waals surface area (Å²) in [5, 5.41) is 0. The third-order valence-electron chi connectivity index (χ3n) is 2.51. The summed E-state index contributed by atoms with van der Waals surface area (Å²) in [6.07, 6.45) is 3.46. The second-order valence-corrected chi connectivity index (χ2v) is 3.69. The van der Waals surface area contributed by atoms with Crippen LogP contribution in [-0.2, 0) is 13.0 Å². The molecular formula is C9H13N3O. The van der Waals surface area contributed by atoms with Gasteiger partial charge in [0.05, 0.1) is 6.20 Å². The smallest absolute Gasteiger partial charge is 0.276 e. The van der Waals surface area contributed by atoms with Gasteiger partial charge in [0.25, 0.3) is 5.56 Å². The van der Waals surface area contributed by atoms with Crippen molar-refractivity contribution in [3.63, 3.8) is 0 Å². The first-order valence-electron chi connectivity index (χ1n) is 4.52. The first-order chi connectivity index (χ1) is 6.18. The van der Waals surface area contributed by atoms with E-state index < -0.39 is 0 Å². The van der Waals surface area contributed by atoms with Gasteiger partial charge in [0.15, 0.2) is 0 Å². The standard InChI is InChI=1S/C9H13N3O/c1-6-2-3-8-11-4-7(10)9(13)12(8)5-6/h4,6H,2-3,5,10H2,1H3. The Labute approximate surface area is 76.4 Å². The van der Waals surface area contributed by atoms with Crippen molar-refractivity contribution in [3.8, 4) is 0 Å². The van der Waals surface area contributed by atoms with Gasteiger partial charge >= 0.3 is 0 Å². The van der Waals surface area contributed by atoms with Crippen molar-refractivity contribution in [1.82, 2.24) is 9.55 Å². The number of nitrogen functional groups attached to an aromatic ring is 1. The Hall–Kier alpha value is -1.32. The number of aromatic nitrogens is 2. The molecule has 1 aliphatic heterocycles. The summed E-state index contributed by atoms with van der Waals surface area (Å²) in [6.45, 7) is 2.89. The van der Waals surface area contributed by atoms with Crippen LogP contribution in [0.1, 0.15) is 19.2 Å². The monoisotopic (exact) mass is 179 g/mol. The zero-order chi connectivity index (χ0) is 9.42. The average molecular weight is 179 g/mol. The van der Waals surface area contributed by atoms with Crippen LogP contribution < -0.4 is 11.3 Å². The van der Waals surface area contributed by atoms with Gasteiger partial charge in [-0.1, -0.05) is 6.92 Å². The van der Waals surface area contributed by atoms with E-state index in [2.05, 4.69) is 11.9 Å². The van der Waals surface area contributed by atoms with Crippen molar-refractivity contribution in [2.75, 3.05) is 5.73 Å². The summed E-state index contributed by atoms with van der Waals surface area (Å²) in [5.74, 6) is 1.42. The molecule has 0 saturated heterocycles. The molecular weight excluding hydrogens is 166 g/mol. The van der Waals surface area contributed by atoms with E-state index in [1.54, 1.807) is 4.57 Å². The summed E-state index contributed by atoms with van der Waals surface area (Å²) >= 11 is 0. The molecule has 0 bridgehead atoms. The molecule has 0 spiro atoms. The lowest BCUT2D eigenvalue weighted by molar-refractivity contribution is 0.379. The number of aryl methyl sites for hydroxylation is 1. The van der Waals surface area contributed by atoms with Crippen molar-refractivity contribution in [1.29, 1.82) is 0 Å². The van der Waals surface area contributed by atoms with E-state index in [-0.39, 0.29) is 11.2 Å². The minimum atomic E-state index is -0.0865. The van der Waals surface area contributed by atoms with Gasteiger partial charge in [0.1, 0.15) is 11.5 Å². The first-order valence-corrected chi connectivity index (χ1v) is 4.52. The lowest BCUT2D eigenvalue weighted by Gasteiger charge is -2.22. The quantitative estimate of drug-likeness (QED) is 0.627. The number of fused-ring (bicyclic) bond motifs is 1. The third-order valence-corrected chi connectivity index (χ3v) is 2.51. The molecule has 4 heteroatoms. The Morgan fingerprint density at radius 1 is 1.69 bits per heavy atom. The van der Waals surface area contributed by atoms with Crippen molar-refractivity contribution in [3.05, 3.63) is 22.4 Å². The van der Waals surface area contributed by atoms with E-state index in [1.165, 1.54) is 6.20 Å². The van der Waals surface area contributed by atoms with Crippen LogP contribution in [-0.4, -0.2) is 9.55 Å². The molecule has 2 N–H and O–H groups in total. The van der Waals surface area contributed by atoms with E-state index in [4.69, 9.17) is 5.73 Å². The normalized spacial score (nSPS) is 21.2. The number of hydrogen-bond acceptors (Lipinski definition) is 3. The van der Waals surface area contributed by atoms with E-state index in [0.717, 1.165) is 25.2 Å². The van der Waals surface area contributed by atoms with Crippen molar-refractivity contribution in [2.45, 2.75) is 26.3 Å². The number of nitrogens with zero attached hydrogens (tertiary/aromatic N) is 2. The SMILES string of the molecule is CC1CCc2ncc(N)c(=O)n2C1. The fourth-order valence-electron chi connectivity index (χ4n) is 1.71. The van der Waals surface area contributed by atoms with Crippen LogP contribution in [0.15, 0.2) is 11.0 Å². The molecule has 0 amide bonds. The molecule has 1 atom stereocenters. The molecule has 0 saturated carbocycles. The Morgan fingerprint density at radius 2 is 2.46 bits per heavy atom. The summed E-state index contributed by atoms with van der Waals surface area (Å²) < 4.78 is 1.70. The number of rotatable bonds is 0. The van der Waals surface area contributed by atoms with Crippen LogP contribution in [0.4, 0.5) is 5.69 Å². The van der Waals surface area contributed by atoms with Crippen molar-refractivity contribution < 1.29 is 0 Å². The lowest BCUT2D eigenvalue weighted by Crippen LogP contribution is -2.32. The molecule has 0 fully saturated rings. The van der Waals surface area contributed by atoms with Crippen LogP contribution in [0.5, 0.6) is 0 Å². The highest BCUT2D eigenvalue weighted by atomic mass is 16.1. The summed E-state index contributed by atoms with van der Waals surface area (Å²) in [7, 11) is 0. The van der Waals surface area contributed by atoms with Gasteiger partial charge in [-0.3, -0.25) is 9.36 Å². The van der Waals surface area contributed by atoms with Gasteiger partial charge in [-0.25, -0.2) is 4.98 Å². The van der Waals surface area contributed by atoms with Gasteiger partial charge in [0, 0.05) is 13.0 Å². The fraction of sp³-hybridized carbons (Fsp3) is 0.556. The largest absolute Gasteiger partial charge is 0.393 e. The summed E-state index contributed by atoms with van der Waals surface area (Å²) in [5.41, 5.74) is 5.65. The predicted octanol–water partition coefficient (Wildman–Crippen LogP) is 0.408. The minimum Gasteiger partial charge on any atom is -0.393 e. The Bertz CT molecular complexity index is 383. The molecule has 2 rings (SSSR count). The number of hydrogen-bond donors (Lipinski definition) is 1. The topological polar surface area (TPSA) is 60.9 Å². The van der Waals surface area contributed by atoms with Gasteiger partial charge in [0.2, 0.25) is 0 Å². The Kier molecular flexibility index (Phi) is 1.83. The lowest BCUT2D eigenvalue weighted by atomic mass is 10.0. The van der Waals surface area contributed by atoms with Crippen LogP contribution in [0.3, 0.4) is 0 Å². The average Bonchev–Trinajstić information content (AvgIpc) is 2.12. The molecule has 1 aromatic heterocycles. The predicted molar refractivity (Wildman–Crippen MR) is 50.4 cm³/mol. The van der Waals surface area contributed by atoms with E-state index in [9.17, 15) is 4.79 Å². The minimum absolute atomic E-state index is 0.0865. The van der Waals surface area contributed by atoms with Gasteiger partial charge < -0.3 is 5.73 Å². The molecule has 0 radical (unpaired) electrons. The van der Waals surface area contributed by atoms with Gasteiger partial charge in [-0.05, 0) is 12.3 Å². The molecule has 70 valence electrons. The second kappa shape index (κ2) is 2.87. The fourth-order valence-corrected chi connectivity index (χ4v) is 1.71. The van der Waals surface area contributed by atoms with E-state index in [0.29, 0.717) is 5.92 Å². The Balaban J connectivity index is 2.55. The highest BCUT2D eigenvalue weighted by molar-refractivity contribution is 5.31. The molecule has 4 nitrogen and oxygen atoms in total. The third kappa shape index (κ3) is 1.32. The summed E-state index contributed by atoms with van der Waals surface area (Å²) in [6, 6.07) is 0. The molecule has 1 unspecified atom stereocenters. The van der Waals surface area contributed by atoms with Gasteiger partial charge in [-0.2, -0.15) is 0 Å². The van der Waals surface area contributed by atoms with E-state index >= 15 is 0 Å². The van der Waals surface area contributed by atoms with E-state index in [1.807, 2.05) is 0 Å². The van der Waals surface area contributed by atoms with Crippen LogP contribution >= 0.6 is 0 Å². The number of anilines is 1. The zero-order valence-electron chi connectivity index (χ0n) is 7.66. The maximum Gasteiger partial charge on any atom is 0.276 e. The number of nitrogens with two attached hydrogens (primary N) is 1.